The van der Waals surface area contributed by atoms with Gasteiger partial charge in [0.15, 0.2) is 0 Å². The van der Waals surface area contributed by atoms with Crippen molar-refractivity contribution < 1.29 is 9.53 Å². The van der Waals surface area contributed by atoms with E-state index in [0.717, 1.165) is 0 Å². The lowest BCUT2D eigenvalue weighted by Gasteiger charge is -2.08. The van der Waals surface area contributed by atoms with Crippen molar-refractivity contribution in [1.29, 1.82) is 0 Å². The summed E-state index contributed by atoms with van der Waals surface area (Å²) < 4.78 is 5.62. The Morgan fingerprint density at radius 3 is 2.80 bits per heavy atom. The van der Waals surface area contributed by atoms with E-state index in [9.17, 15) is 4.79 Å². The number of carbonyl (C=O) groups excluding carboxylic acids is 1. The molecule has 0 spiro atoms. The number of halogens is 1. The van der Waals surface area contributed by atoms with E-state index >= 15 is 0 Å². The molecular formula is C14H14ClN3O2. The Labute approximate surface area is 121 Å². The summed E-state index contributed by atoms with van der Waals surface area (Å²) in [5.41, 5.74) is 6.41. The van der Waals surface area contributed by atoms with Crippen molar-refractivity contribution in [3.63, 3.8) is 0 Å². The fraction of sp³-hybridized carbons (Fsp3) is 0.143. The van der Waals surface area contributed by atoms with Crippen LogP contribution in [-0.2, 0) is 0 Å². The SMILES string of the molecule is CCNC(=O)c1cc(Oc2ccc(N)c(Cl)c2)ccn1. The number of aromatic nitrogens is 1. The Bertz CT molecular complexity index is 632. The van der Waals surface area contributed by atoms with Crippen LogP contribution >= 0.6 is 11.6 Å². The Hall–Kier alpha value is -2.27. The number of hydrogen-bond acceptors (Lipinski definition) is 4. The second-order valence-electron chi connectivity index (χ2n) is 4.02. The average molecular weight is 292 g/mol. The summed E-state index contributed by atoms with van der Waals surface area (Å²) in [6.45, 7) is 2.38. The van der Waals surface area contributed by atoms with Crippen LogP contribution in [0.4, 0.5) is 5.69 Å². The van der Waals surface area contributed by atoms with Gasteiger partial charge in [0.2, 0.25) is 0 Å². The molecule has 0 bridgehead atoms. The normalized spacial score (nSPS) is 10.1. The van der Waals surface area contributed by atoms with Gasteiger partial charge in [0.25, 0.3) is 5.91 Å². The monoisotopic (exact) mass is 291 g/mol. The quantitative estimate of drug-likeness (QED) is 0.849. The third-order valence-electron chi connectivity index (χ3n) is 2.51. The molecule has 5 nitrogen and oxygen atoms in total. The lowest BCUT2D eigenvalue weighted by atomic mass is 10.3. The molecule has 0 saturated heterocycles. The van der Waals surface area contributed by atoms with Crippen LogP contribution < -0.4 is 15.8 Å². The van der Waals surface area contributed by atoms with Gasteiger partial charge in [-0.1, -0.05) is 11.6 Å². The second kappa shape index (κ2) is 6.25. The molecule has 0 aliphatic carbocycles. The van der Waals surface area contributed by atoms with E-state index < -0.39 is 0 Å². The number of hydrogen-bond donors (Lipinski definition) is 2. The molecule has 0 fully saturated rings. The number of benzene rings is 1. The van der Waals surface area contributed by atoms with Crippen molar-refractivity contribution in [3.05, 3.63) is 47.2 Å². The summed E-state index contributed by atoms with van der Waals surface area (Å²) in [4.78, 5) is 15.7. The molecule has 0 unspecified atom stereocenters. The lowest BCUT2D eigenvalue weighted by Crippen LogP contribution is -2.23. The number of pyridine rings is 1. The molecule has 1 amide bonds. The Balaban J connectivity index is 2.19. The number of ether oxygens (including phenoxy) is 1. The highest BCUT2D eigenvalue weighted by atomic mass is 35.5. The van der Waals surface area contributed by atoms with Crippen LogP contribution in [0.3, 0.4) is 0 Å². The molecule has 1 aromatic carbocycles. The summed E-state index contributed by atoms with van der Waals surface area (Å²) in [6, 6.07) is 8.20. The molecule has 6 heteroatoms. The molecule has 0 radical (unpaired) electrons. The summed E-state index contributed by atoms with van der Waals surface area (Å²) in [7, 11) is 0. The highest BCUT2D eigenvalue weighted by molar-refractivity contribution is 6.33. The first-order chi connectivity index (χ1) is 9.60. The molecule has 1 aromatic heterocycles. The van der Waals surface area contributed by atoms with Gasteiger partial charge >= 0.3 is 0 Å². The average Bonchev–Trinajstić information content (AvgIpc) is 2.43. The van der Waals surface area contributed by atoms with Crippen LogP contribution in [0.15, 0.2) is 36.5 Å². The summed E-state index contributed by atoms with van der Waals surface area (Å²) in [5, 5.41) is 3.09. The van der Waals surface area contributed by atoms with E-state index in [1.54, 1.807) is 30.3 Å². The minimum Gasteiger partial charge on any atom is -0.457 e. The van der Waals surface area contributed by atoms with Crippen molar-refractivity contribution in [1.82, 2.24) is 10.3 Å². The number of nitrogens with two attached hydrogens (primary N) is 1. The standard InChI is InChI=1S/C14H14ClN3O2/c1-2-17-14(19)13-8-10(5-6-18-13)20-9-3-4-12(16)11(15)7-9/h3-8H,2,16H2,1H3,(H,17,19). The second-order valence-corrected chi connectivity index (χ2v) is 4.43. The lowest BCUT2D eigenvalue weighted by molar-refractivity contribution is 0.0950. The predicted molar refractivity (Wildman–Crippen MR) is 78.2 cm³/mol. The van der Waals surface area contributed by atoms with Gasteiger partial charge in [0.1, 0.15) is 17.2 Å². The van der Waals surface area contributed by atoms with Crippen LogP contribution in [0.1, 0.15) is 17.4 Å². The van der Waals surface area contributed by atoms with Crippen LogP contribution in [-0.4, -0.2) is 17.4 Å². The fourth-order valence-electron chi connectivity index (χ4n) is 1.56. The Morgan fingerprint density at radius 2 is 2.10 bits per heavy atom. The van der Waals surface area contributed by atoms with Crippen molar-refractivity contribution in [2.24, 2.45) is 0 Å². The highest BCUT2D eigenvalue weighted by Gasteiger charge is 2.08. The van der Waals surface area contributed by atoms with Crippen molar-refractivity contribution >= 4 is 23.2 Å². The van der Waals surface area contributed by atoms with E-state index in [2.05, 4.69) is 10.3 Å². The van der Waals surface area contributed by atoms with Crippen LogP contribution in [0, 0.1) is 0 Å². The van der Waals surface area contributed by atoms with Crippen molar-refractivity contribution in [2.75, 3.05) is 12.3 Å². The molecule has 0 saturated carbocycles. The molecule has 0 aliphatic heterocycles. The van der Waals surface area contributed by atoms with E-state index in [1.807, 2.05) is 6.92 Å². The number of nitrogen functional groups attached to an aromatic ring is 1. The molecule has 0 atom stereocenters. The maximum absolute atomic E-state index is 11.7. The van der Waals surface area contributed by atoms with Gasteiger partial charge in [-0.15, -0.1) is 0 Å². The van der Waals surface area contributed by atoms with Gasteiger partial charge in [-0.3, -0.25) is 9.78 Å². The molecule has 1 heterocycles. The van der Waals surface area contributed by atoms with E-state index in [0.29, 0.717) is 34.4 Å². The maximum atomic E-state index is 11.7. The van der Waals surface area contributed by atoms with Gasteiger partial charge in [-0.25, -0.2) is 0 Å². The van der Waals surface area contributed by atoms with Gasteiger partial charge < -0.3 is 15.8 Å². The highest BCUT2D eigenvalue weighted by Crippen LogP contribution is 2.28. The largest absolute Gasteiger partial charge is 0.457 e. The summed E-state index contributed by atoms with van der Waals surface area (Å²) in [6.07, 6.45) is 1.51. The van der Waals surface area contributed by atoms with Crippen molar-refractivity contribution in [2.45, 2.75) is 6.92 Å². The third-order valence-corrected chi connectivity index (χ3v) is 2.84. The number of nitrogens with zero attached hydrogens (tertiary/aromatic N) is 1. The van der Waals surface area contributed by atoms with Gasteiger partial charge in [0, 0.05) is 24.9 Å². The maximum Gasteiger partial charge on any atom is 0.270 e. The first-order valence-corrected chi connectivity index (χ1v) is 6.45. The molecule has 104 valence electrons. The number of nitrogens with one attached hydrogen (secondary N) is 1. The minimum atomic E-state index is -0.242. The predicted octanol–water partition coefficient (Wildman–Crippen LogP) is 2.86. The zero-order chi connectivity index (χ0) is 14.5. The summed E-state index contributed by atoms with van der Waals surface area (Å²) in [5.74, 6) is 0.799. The first kappa shape index (κ1) is 14.1. The molecular weight excluding hydrogens is 278 g/mol. The minimum absolute atomic E-state index is 0.242. The van der Waals surface area contributed by atoms with Gasteiger partial charge in [-0.05, 0) is 25.1 Å². The van der Waals surface area contributed by atoms with Crippen molar-refractivity contribution in [3.8, 4) is 11.5 Å². The summed E-state index contributed by atoms with van der Waals surface area (Å²) >= 11 is 5.92. The number of amides is 1. The first-order valence-electron chi connectivity index (χ1n) is 6.07. The number of rotatable bonds is 4. The topological polar surface area (TPSA) is 77.2 Å². The molecule has 20 heavy (non-hydrogen) atoms. The fourth-order valence-corrected chi connectivity index (χ4v) is 1.73. The van der Waals surface area contributed by atoms with E-state index in [-0.39, 0.29) is 5.91 Å². The van der Waals surface area contributed by atoms with Gasteiger partial charge in [0.05, 0.1) is 10.7 Å². The van der Waals surface area contributed by atoms with E-state index in [4.69, 9.17) is 22.1 Å². The Kier molecular flexibility index (Phi) is 4.42. The molecule has 0 aliphatic rings. The van der Waals surface area contributed by atoms with Crippen LogP contribution in [0.25, 0.3) is 0 Å². The third kappa shape index (κ3) is 3.39. The zero-order valence-corrected chi connectivity index (χ0v) is 11.6. The molecule has 2 rings (SSSR count). The Morgan fingerprint density at radius 1 is 1.35 bits per heavy atom. The van der Waals surface area contributed by atoms with Crippen LogP contribution in [0.5, 0.6) is 11.5 Å². The van der Waals surface area contributed by atoms with Crippen LogP contribution in [0.2, 0.25) is 5.02 Å². The van der Waals surface area contributed by atoms with E-state index in [1.165, 1.54) is 6.20 Å². The van der Waals surface area contributed by atoms with Gasteiger partial charge in [-0.2, -0.15) is 0 Å². The zero-order valence-electron chi connectivity index (χ0n) is 10.9. The number of carbonyl (C=O) groups is 1. The molecule has 2 aromatic rings. The smallest absolute Gasteiger partial charge is 0.270 e. The molecule has 3 N–H and O–H groups in total. The number of anilines is 1.